The van der Waals surface area contributed by atoms with Crippen molar-refractivity contribution in [2.24, 2.45) is 13.0 Å². The fourth-order valence-electron chi connectivity index (χ4n) is 2.93. The van der Waals surface area contributed by atoms with Crippen LogP contribution in [0.5, 0.6) is 0 Å². The van der Waals surface area contributed by atoms with Crippen LogP contribution in [-0.2, 0) is 24.7 Å². The molecule has 2 atom stereocenters. The molecule has 2 aliphatic rings. The zero-order chi connectivity index (χ0) is 13.7. The Balaban J connectivity index is 1.41. The minimum Gasteiger partial charge on any atom is -0.302 e. The minimum atomic E-state index is 0.0814. The number of anilines is 1. The van der Waals surface area contributed by atoms with Crippen LogP contribution in [0, 0.1) is 5.92 Å². The number of aromatic nitrogens is 3. The Morgan fingerprint density at radius 2 is 2.40 bits per heavy atom. The summed E-state index contributed by atoms with van der Waals surface area (Å²) in [5.74, 6) is 0.514. The van der Waals surface area contributed by atoms with E-state index in [-0.39, 0.29) is 11.8 Å². The molecule has 2 aromatic rings. The maximum Gasteiger partial charge on any atom is 0.229 e. The van der Waals surface area contributed by atoms with Crippen LogP contribution in [-0.4, -0.2) is 20.7 Å². The van der Waals surface area contributed by atoms with E-state index in [9.17, 15) is 4.79 Å². The lowest BCUT2D eigenvalue weighted by molar-refractivity contribution is -0.117. The quantitative estimate of drug-likeness (QED) is 0.941. The second-order valence-electron chi connectivity index (χ2n) is 5.63. The first-order valence-corrected chi connectivity index (χ1v) is 7.80. The highest BCUT2D eigenvalue weighted by molar-refractivity contribution is 7.15. The number of thiazole rings is 1. The highest BCUT2D eigenvalue weighted by Gasteiger charge is 2.44. The van der Waals surface area contributed by atoms with E-state index in [1.165, 1.54) is 17.0 Å². The summed E-state index contributed by atoms with van der Waals surface area (Å²) in [4.78, 5) is 18.1. The highest BCUT2D eigenvalue weighted by atomic mass is 32.1. The van der Waals surface area contributed by atoms with Crippen LogP contribution in [0.1, 0.15) is 34.9 Å². The van der Waals surface area contributed by atoms with Crippen molar-refractivity contribution in [3.8, 4) is 0 Å². The number of nitrogens with zero attached hydrogens (tertiary/aromatic N) is 3. The molecule has 0 unspecified atom stereocenters. The van der Waals surface area contributed by atoms with E-state index in [1.807, 2.05) is 19.4 Å². The van der Waals surface area contributed by atoms with E-state index in [0.29, 0.717) is 5.92 Å². The molecule has 1 amide bonds. The van der Waals surface area contributed by atoms with Crippen LogP contribution in [0.3, 0.4) is 0 Å². The molecule has 5 nitrogen and oxygen atoms in total. The molecule has 6 heteroatoms. The van der Waals surface area contributed by atoms with Crippen molar-refractivity contribution in [2.75, 3.05) is 5.32 Å². The zero-order valence-electron chi connectivity index (χ0n) is 11.3. The molecular formula is C14H16N4OS. The Kier molecular flexibility index (Phi) is 2.66. The lowest BCUT2D eigenvalue weighted by Crippen LogP contribution is -2.14. The summed E-state index contributed by atoms with van der Waals surface area (Å²) in [6, 6.07) is 0. The average molecular weight is 288 g/mol. The monoisotopic (exact) mass is 288 g/mol. The maximum absolute atomic E-state index is 12.2. The number of nitrogens with one attached hydrogen (secondary N) is 1. The summed E-state index contributed by atoms with van der Waals surface area (Å²) < 4.78 is 1.79. The number of carbonyl (C=O) groups is 1. The zero-order valence-corrected chi connectivity index (χ0v) is 12.1. The van der Waals surface area contributed by atoms with Gasteiger partial charge in [0.2, 0.25) is 5.91 Å². The lowest BCUT2D eigenvalue weighted by Gasteiger charge is -2.00. The first-order valence-electron chi connectivity index (χ1n) is 6.98. The van der Waals surface area contributed by atoms with Gasteiger partial charge in [0.25, 0.3) is 0 Å². The van der Waals surface area contributed by atoms with Gasteiger partial charge in [-0.2, -0.15) is 5.10 Å². The highest BCUT2D eigenvalue weighted by Crippen LogP contribution is 2.48. The molecule has 0 saturated heterocycles. The largest absolute Gasteiger partial charge is 0.302 e. The molecule has 104 valence electrons. The van der Waals surface area contributed by atoms with E-state index in [1.54, 1.807) is 16.0 Å². The molecule has 20 heavy (non-hydrogen) atoms. The van der Waals surface area contributed by atoms with Crippen molar-refractivity contribution >= 4 is 22.4 Å². The van der Waals surface area contributed by atoms with Gasteiger partial charge in [-0.3, -0.25) is 9.48 Å². The number of aryl methyl sites for hydroxylation is 3. The standard InChI is InChI=1S/C14H16N4OS/c1-18-7-8(6-15-18)9-5-10(9)13(19)17-14-16-11-3-2-4-12(11)20-14/h6-7,9-10H,2-5H2,1H3,(H,16,17,19)/t9-,10-/m1/s1. The van der Waals surface area contributed by atoms with Gasteiger partial charge in [-0.25, -0.2) is 4.98 Å². The van der Waals surface area contributed by atoms with E-state index in [0.717, 1.165) is 30.0 Å². The Hall–Kier alpha value is -1.69. The molecule has 0 spiro atoms. The average Bonchev–Trinajstić information content (AvgIpc) is 2.70. The van der Waals surface area contributed by atoms with Crippen LogP contribution in [0.4, 0.5) is 5.13 Å². The molecule has 1 fully saturated rings. The first-order chi connectivity index (χ1) is 9.70. The first kappa shape index (κ1) is 12.1. The van der Waals surface area contributed by atoms with E-state index in [4.69, 9.17) is 0 Å². The van der Waals surface area contributed by atoms with Gasteiger partial charge in [-0.15, -0.1) is 11.3 Å². The molecular weight excluding hydrogens is 272 g/mol. The molecule has 0 aliphatic heterocycles. The number of rotatable bonds is 3. The van der Waals surface area contributed by atoms with Crippen LogP contribution < -0.4 is 5.32 Å². The fraction of sp³-hybridized carbons (Fsp3) is 0.500. The van der Waals surface area contributed by atoms with Gasteiger partial charge in [0.05, 0.1) is 11.9 Å². The third-order valence-electron chi connectivity index (χ3n) is 4.11. The molecule has 2 aliphatic carbocycles. The van der Waals surface area contributed by atoms with Gasteiger partial charge in [0.1, 0.15) is 0 Å². The van der Waals surface area contributed by atoms with Gasteiger partial charge in [-0.1, -0.05) is 0 Å². The van der Waals surface area contributed by atoms with Crippen molar-refractivity contribution in [1.82, 2.24) is 14.8 Å². The number of hydrogen-bond acceptors (Lipinski definition) is 4. The third kappa shape index (κ3) is 2.04. The second kappa shape index (κ2) is 4.41. The lowest BCUT2D eigenvalue weighted by atomic mass is 10.2. The van der Waals surface area contributed by atoms with Crippen molar-refractivity contribution in [1.29, 1.82) is 0 Å². The summed E-state index contributed by atoms with van der Waals surface area (Å²) in [6.45, 7) is 0. The summed E-state index contributed by atoms with van der Waals surface area (Å²) in [5.41, 5.74) is 2.35. The van der Waals surface area contributed by atoms with Crippen molar-refractivity contribution < 1.29 is 4.79 Å². The normalized spacial score (nSPS) is 23.6. The summed E-state index contributed by atoms with van der Waals surface area (Å²) >= 11 is 1.64. The predicted octanol–water partition coefficient (Wildman–Crippen LogP) is 2.11. The second-order valence-corrected chi connectivity index (χ2v) is 6.71. The van der Waals surface area contributed by atoms with E-state index < -0.39 is 0 Å². The molecule has 1 saturated carbocycles. The Morgan fingerprint density at radius 3 is 3.15 bits per heavy atom. The van der Waals surface area contributed by atoms with Gasteiger partial charge in [0.15, 0.2) is 5.13 Å². The van der Waals surface area contributed by atoms with Gasteiger partial charge >= 0.3 is 0 Å². The number of hydrogen-bond donors (Lipinski definition) is 1. The van der Waals surface area contributed by atoms with E-state index in [2.05, 4.69) is 15.4 Å². The van der Waals surface area contributed by atoms with Crippen LogP contribution in [0.2, 0.25) is 0 Å². The summed E-state index contributed by atoms with van der Waals surface area (Å²) in [6.07, 6.45) is 8.15. The molecule has 1 N–H and O–H groups in total. The number of carbonyl (C=O) groups excluding carboxylic acids is 1. The third-order valence-corrected chi connectivity index (χ3v) is 5.18. The van der Waals surface area contributed by atoms with Crippen molar-refractivity contribution in [3.05, 3.63) is 28.5 Å². The molecule has 0 radical (unpaired) electrons. The number of amides is 1. The molecule has 4 rings (SSSR count). The fourth-order valence-corrected chi connectivity index (χ4v) is 3.98. The maximum atomic E-state index is 12.2. The molecule has 0 aromatic carbocycles. The minimum absolute atomic E-state index is 0.0814. The van der Waals surface area contributed by atoms with Crippen LogP contribution >= 0.6 is 11.3 Å². The van der Waals surface area contributed by atoms with Gasteiger partial charge < -0.3 is 5.32 Å². The molecule has 2 heterocycles. The SMILES string of the molecule is Cn1cc([C@H]2C[C@H]2C(=O)Nc2nc3c(s2)CCC3)cn1. The van der Waals surface area contributed by atoms with Crippen LogP contribution in [0.15, 0.2) is 12.4 Å². The van der Waals surface area contributed by atoms with Crippen LogP contribution in [0.25, 0.3) is 0 Å². The predicted molar refractivity (Wildman–Crippen MR) is 76.8 cm³/mol. The summed E-state index contributed by atoms with van der Waals surface area (Å²) in [5, 5.41) is 7.92. The number of fused-ring (bicyclic) bond motifs is 1. The Labute approximate surface area is 121 Å². The Bertz CT molecular complexity index is 653. The van der Waals surface area contributed by atoms with Crippen molar-refractivity contribution in [3.63, 3.8) is 0 Å². The topological polar surface area (TPSA) is 59.8 Å². The molecule has 2 aromatic heterocycles. The smallest absolute Gasteiger partial charge is 0.229 e. The van der Waals surface area contributed by atoms with Crippen molar-refractivity contribution in [2.45, 2.75) is 31.6 Å². The summed E-state index contributed by atoms with van der Waals surface area (Å²) in [7, 11) is 1.90. The molecule has 0 bridgehead atoms. The Morgan fingerprint density at radius 1 is 1.50 bits per heavy atom. The van der Waals surface area contributed by atoms with Gasteiger partial charge in [0, 0.05) is 24.0 Å². The van der Waals surface area contributed by atoms with Gasteiger partial charge in [-0.05, 0) is 37.2 Å². The van der Waals surface area contributed by atoms with E-state index >= 15 is 0 Å².